The maximum Gasteiger partial charge on any atom is 0.234 e. The van der Waals surface area contributed by atoms with Crippen LogP contribution in [0.4, 0.5) is 10.8 Å². The third-order valence-corrected chi connectivity index (χ3v) is 7.36. The topological polar surface area (TPSA) is 66.0 Å². The van der Waals surface area contributed by atoms with E-state index in [1.165, 1.54) is 5.56 Å². The minimum Gasteiger partial charge on any atom is -0.379 e. The highest BCUT2D eigenvalue weighted by Crippen LogP contribution is 2.32. The molecule has 3 aromatic rings. The Bertz CT molecular complexity index is 1140. The summed E-state index contributed by atoms with van der Waals surface area (Å²) in [4.78, 5) is 37.1. The smallest absolute Gasteiger partial charge is 0.234 e. The van der Waals surface area contributed by atoms with E-state index in [9.17, 15) is 9.59 Å². The van der Waals surface area contributed by atoms with Gasteiger partial charge in [-0.25, -0.2) is 4.98 Å². The molecule has 33 heavy (non-hydrogen) atoms. The Hall–Kier alpha value is -2.81. The van der Waals surface area contributed by atoms with E-state index in [-0.39, 0.29) is 24.2 Å². The zero-order valence-electron chi connectivity index (χ0n) is 18.8. The second-order valence-electron chi connectivity index (χ2n) is 8.65. The second-order valence-corrected chi connectivity index (χ2v) is 9.66. The molecule has 1 atom stereocenters. The van der Waals surface area contributed by atoms with Crippen LogP contribution in [0.25, 0.3) is 10.2 Å². The molecule has 2 amide bonds. The van der Waals surface area contributed by atoms with Gasteiger partial charge in [-0.3, -0.25) is 19.4 Å². The number of benzene rings is 2. The number of aromatic nitrogens is 1. The number of morpholine rings is 1. The summed E-state index contributed by atoms with van der Waals surface area (Å²) in [7, 11) is 0. The molecule has 0 aliphatic carbocycles. The first-order valence-corrected chi connectivity index (χ1v) is 12.2. The molecule has 0 radical (unpaired) electrons. The minimum atomic E-state index is -0.379. The number of para-hydroxylation sites is 1. The summed E-state index contributed by atoms with van der Waals surface area (Å²) in [5, 5.41) is 0.708. The van der Waals surface area contributed by atoms with E-state index in [1.54, 1.807) is 16.2 Å². The number of thiazole rings is 1. The van der Waals surface area contributed by atoms with Crippen LogP contribution in [0, 0.1) is 12.8 Å². The molecule has 0 spiro atoms. The normalized spacial score (nSPS) is 19.4. The Kier molecular flexibility index (Phi) is 6.39. The molecule has 0 saturated carbocycles. The van der Waals surface area contributed by atoms with Gasteiger partial charge in [0, 0.05) is 44.8 Å². The van der Waals surface area contributed by atoms with Crippen LogP contribution in [-0.4, -0.2) is 67.6 Å². The van der Waals surface area contributed by atoms with Gasteiger partial charge in [0.1, 0.15) is 0 Å². The predicted octanol–water partition coefficient (Wildman–Crippen LogP) is 3.32. The monoisotopic (exact) mass is 464 g/mol. The van der Waals surface area contributed by atoms with Crippen molar-refractivity contribution in [1.29, 1.82) is 0 Å². The number of hydrogen-bond donors (Lipinski definition) is 0. The summed E-state index contributed by atoms with van der Waals surface area (Å²) in [5.41, 5.74) is 2.91. The number of carbonyl (C=O) groups excluding carboxylic acids is 2. The van der Waals surface area contributed by atoms with E-state index >= 15 is 0 Å². The van der Waals surface area contributed by atoms with Gasteiger partial charge in [0.2, 0.25) is 11.8 Å². The van der Waals surface area contributed by atoms with Gasteiger partial charge in [-0.15, -0.1) is 0 Å². The number of aryl methyl sites for hydroxylation is 1. The molecule has 2 fully saturated rings. The van der Waals surface area contributed by atoms with E-state index in [2.05, 4.69) is 17.9 Å². The molecule has 0 bridgehead atoms. The van der Waals surface area contributed by atoms with Crippen molar-refractivity contribution in [3.8, 4) is 0 Å². The number of ether oxygens (including phenoxy) is 1. The molecule has 2 aliphatic heterocycles. The first kappa shape index (κ1) is 22.0. The van der Waals surface area contributed by atoms with Crippen LogP contribution in [0.2, 0.25) is 0 Å². The van der Waals surface area contributed by atoms with Crippen molar-refractivity contribution in [1.82, 2.24) is 9.88 Å². The molecule has 1 aromatic heterocycles. The Morgan fingerprint density at radius 3 is 2.76 bits per heavy atom. The van der Waals surface area contributed by atoms with Gasteiger partial charge in [0.25, 0.3) is 0 Å². The van der Waals surface area contributed by atoms with Gasteiger partial charge >= 0.3 is 0 Å². The van der Waals surface area contributed by atoms with Gasteiger partial charge in [-0.1, -0.05) is 35.6 Å². The van der Waals surface area contributed by atoms with Gasteiger partial charge in [-0.05, 0) is 36.8 Å². The van der Waals surface area contributed by atoms with E-state index in [0.29, 0.717) is 18.2 Å². The van der Waals surface area contributed by atoms with Crippen molar-refractivity contribution >= 4 is 44.2 Å². The maximum absolute atomic E-state index is 13.8. The number of amides is 2. The summed E-state index contributed by atoms with van der Waals surface area (Å²) >= 11 is 1.54. The molecule has 2 aromatic carbocycles. The number of nitrogens with zero attached hydrogens (tertiary/aromatic N) is 4. The highest BCUT2D eigenvalue weighted by molar-refractivity contribution is 7.22. The molecule has 1 unspecified atom stereocenters. The summed E-state index contributed by atoms with van der Waals surface area (Å²) in [6, 6.07) is 15.7. The van der Waals surface area contributed by atoms with Crippen molar-refractivity contribution in [3.05, 3.63) is 54.1 Å². The molecule has 7 nitrogen and oxygen atoms in total. The third-order valence-electron chi connectivity index (χ3n) is 6.32. The van der Waals surface area contributed by atoms with Crippen LogP contribution in [-0.2, 0) is 14.3 Å². The molecular weight excluding hydrogens is 436 g/mol. The fourth-order valence-corrected chi connectivity index (χ4v) is 5.55. The van der Waals surface area contributed by atoms with Crippen molar-refractivity contribution < 1.29 is 14.3 Å². The Morgan fingerprint density at radius 1 is 1.18 bits per heavy atom. The lowest BCUT2D eigenvalue weighted by molar-refractivity contribution is -0.124. The average Bonchev–Trinajstić information content (AvgIpc) is 3.43. The Morgan fingerprint density at radius 2 is 1.97 bits per heavy atom. The summed E-state index contributed by atoms with van der Waals surface area (Å²) in [5.74, 6) is -0.408. The maximum atomic E-state index is 13.8. The largest absolute Gasteiger partial charge is 0.379 e. The average molecular weight is 465 g/mol. The molecule has 0 N–H and O–H groups in total. The number of anilines is 2. The molecule has 2 saturated heterocycles. The number of rotatable bonds is 6. The Balaban J connectivity index is 1.39. The van der Waals surface area contributed by atoms with E-state index in [4.69, 9.17) is 9.72 Å². The third kappa shape index (κ3) is 4.78. The van der Waals surface area contributed by atoms with Crippen molar-refractivity contribution in [2.75, 3.05) is 55.7 Å². The lowest BCUT2D eigenvalue weighted by Gasteiger charge is -2.30. The first-order valence-electron chi connectivity index (χ1n) is 11.4. The number of fused-ring (bicyclic) bond motifs is 1. The standard InChI is InChI=1S/C25H28N4O3S/c1-18-7-8-21-22(15-18)33-25(26-21)28(10-9-27-11-13-32-14-12-27)24(31)19-16-23(30)29(17-19)20-5-3-2-4-6-20/h2-8,15,19H,9-14,16-17H2,1H3. The molecule has 5 rings (SSSR count). The SMILES string of the molecule is Cc1ccc2nc(N(CCN3CCOCC3)C(=O)C3CC(=O)N(c4ccccc4)C3)sc2c1. The van der Waals surface area contributed by atoms with E-state index in [1.807, 2.05) is 47.4 Å². The van der Waals surface area contributed by atoms with Crippen LogP contribution in [0.3, 0.4) is 0 Å². The summed E-state index contributed by atoms with van der Waals surface area (Å²) < 4.78 is 6.53. The molecule has 2 aliphatic rings. The van der Waals surface area contributed by atoms with Gasteiger partial charge < -0.3 is 9.64 Å². The van der Waals surface area contributed by atoms with Crippen molar-refractivity contribution in [2.45, 2.75) is 13.3 Å². The van der Waals surface area contributed by atoms with E-state index < -0.39 is 0 Å². The van der Waals surface area contributed by atoms with Gasteiger partial charge in [0.15, 0.2) is 5.13 Å². The number of carbonyl (C=O) groups is 2. The highest BCUT2D eigenvalue weighted by Gasteiger charge is 2.38. The van der Waals surface area contributed by atoms with Crippen LogP contribution in [0.5, 0.6) is 0 Å². The molecule has 8 heteroatoms. The van der Waals surface area contributed by atoms with Gasteiger partial charge in [0.05, 0.1) is 29.3 Å². The Labute approximate surface area is 197 Å². The fourth-order valence-electron chi connectivity index (χ4n) is 4.45. The van der Waals surface area contributed by atoms with Crippen LogP contribution < -0.4 is 9.80 Å². The summed E-state index contributed by atoms with van der Waals surface area (Å²) in [6.07, 6.45) is 0.228. The minimum absolute atomic E-state index is 0.00685. The van der Waals surface area contributed by atoms with Crippen molar-refractivity contribution in [2.24, 2.45) is 5.92 Å². The zero-order chi connectivity index (χ0) is 22.8. The van der Waals surface area contributed by atoms with Crippen LogP contribution in [0.15, 0.2) is 48.5 Å². The van der Waals surface area contributed by atoms with Crippen LogP contribution in [0.1, 0.15) is 12.0 Å². The second kappa shape index (κ2) is 9.59. The lowest BCUT2D eigenvalue weighted by Crippen LogP contribution is -2.45. The fraction of sp³-hybridized carbons (Fsp3) is 0.400. The quantitative estimate of drug-likeness (QED) is 0.560. The van der Waals surface area contributed by atoms with Gasteiger partial charge in [-0.2, -0.15) is 0 Å². The number of hydrogen-bond acceptors (Lipinski definition) is 6. The first-order chi connectivity index (χ1) is 16.1. The molecule has 3 heterocycles. The predicted molar refractivity (Wildman–Crippen MR) is 131 cm³/mol. The van der Waals surface area contributed by atoms with Crippen LogP contribution >= 0.6 is 11.3 Å². The van der Waals surface area contributed by atoms with Crippen molar-refractivity contribution in [3.63, 3.8) is 0 Å². The summed E-state index contributed by atoms with van der Waals surface area (Å²) in [6.45, 7) is 6.94. The molecular formula is C25H28N4O3S. The van der Waals surface area contributed by atoms with E-state index in [0.717, 1.165) is 48.8 Å². The molecule has 172 valence electrons. The highest BCUT2D eigenvalue weighted by atomic mass is 32.1. The lowest BCUT2D eigenvalue weighted by atomic mass is 10.1. The zero-order valence-corrected chi connectivity index (χ0v) is 19.6.